The van der Waals surface area contributed by atoms with Crippen LogP contribution >= 0.6 is 11.6 Å². The number of hydrogen-bond acceptors (Lipinski definition) is 3. The van der Waals surface area contributed by atoms with Crippen molar-refractivity contribution in [2.24, 2.45) is 5.92 Å². The Bertz CT molecular complexity index is 781. The molecule has 23 heavy (non-hydrogen) atoms. The minimum atomic E-state index is -0.294. The molecular formula is C17H19ClN2O3. The Labute approximate surface area is 139 Å². The Kier molecular flexibility index (Phi) is 4.68. The summed E-state index contributed by atoms with van der Waals surface area (Å²) in [5, 5.41) is 0.893. The lowest BCUT2D eigenvalue weighted by molar-refractivity contribution is 0.0388. The number of H-pyrrole nitrogens is 1. The number of aromatic nitrogens is 1. The first-order chi connectivity index (χ1) is 11.1. The molecule has 6 heteroatoms. The van der Waals surface area contributed by atoms with Gasteiger partial charge in [-0.2, -0.15) is 0 Å². The van der Waals surface area contributed by atoms with Gasteiger partial charge >= 0.3 is 0 Å². The summed E-state index contributed by atoms with van der Waals surface area (Å²) in [5.74, 6) is 0.0466. The normalized spacial score (nSPS) is 18.1. The predicted octanol–water partition coefficient (Wildman–Crippen LogP) is 2.68. The van der Waals surface area contributed by atoms with Gasteiger partial charge in [0, 0.05) is 31.8 Å². The van der Waals surface area contributed by atoms with Crippen LogP contribution in [0.2, 0.25) is 5.02 Å². The SMILES string of the molecule is CN(CC1CCCOC1)C(=O)c1c[nH]c2c(Cl)cccc2c1=O. The second-order valence-electron chi connectivity index (χ2n) is 5.96. The Morgan fingerprint density at radius 2 is 2.30 bits per heavy atom. The molecular weight excluding hydrogens is 316 g/mol. The highest BCUT2D eigenvalue weighted by Gasteiger charge is 2.22. The van der Waals surface area contributed by atoms with Crippen molar-refractivity contribution in [3.63, 3.8) is 0 Å². The third kappa shape index (κ3) is 3.26. The van der Waals surface area contributed by atoms with E-state index in [0.29, 0.717) is 35.0 Å². The summed E-state index contributed by atoms with van der Waals surface area (Å²) in [6.45, 7) is 2.05. The van der Waals surface area contributed by atoms with Crippen LogP contribution in [0.4, 0.5) is 0 Å². The largest absolute Gasteiger partial charge is 0.381 e. The van der Waals surface area contributed by atoms with E-state index in [1.54, 1.807) is 30.1 Å². The summed E-state index contributed by atoms with van der Waals surface area (Å²) in [7, 11) is 1.72. The van der Waals surface area contributed by atoms with E-state index in [1.165, 1.54) is 6.20 Å². The topological polar surface area (TPSA) is 62.4 Å². The maximum Gasteiger partial charge on any atom is 0.259 e. The van der Waals surface area contributed by atoms with Crippen LogP contribution in [0.1, 0.15) is 23.2 Å². The number of para-hydroxylation sites is 1. The highest BCUT2D eigenvalue weighted by atomic mass is 35.5. The molecule has 122 valence electrons. The number of hydrogen-bond donors (Lipinski definition) is 1. The molecule has 1 unspecified atom stereocenters. The maximum absolute atomic E-state index is 12.6. The highest BCUT2D eigenvalue weighted by molar-refractivity contribution is 6.35. The molecule has 3 rings (SSSR count). The lowest BCUT2D eigenvalue weighted by Crippen LogP contribution is -2.37. The average molecular weight is 335 g/mol. The standard InChI is InChI=1S/C17H19ClN2O3/c1-20(9-11-4-3-7-23-10-11)17(22)13-8-19-15-12(16(13)21)5-2-6-14(15)18/h2,5-6,8,11H,3-4,7,9-10H2,1H3,(H,19,21). The first-order valence-electron chi connectivity index (χ1n) is 7.71. The monoisotopic (exact) mass is 334 g/mol. The zero-order valence-electron chi connectivity index (χ0n) is 13.0. The predicted molar refractivity (Wildman–Crippen MR) is 90.1 cm³/mol. The van der Waals surface area contributed by atoms with Crippen molar-refractivity contribution < 1.29 is 9.53 Å². The van der Waals surface area contributed by atoms with Gasteiger partial charge in [0.05, 0.1) is 17.1 Å². The molecule has 1 aliphatic heterocycles. The van der Waals surface area contributed by atoms with Gasteiger partial charge in [-0.1, -0.05) is 17.7 Å². The number of rotatable bonds is 3. The highest BCUT2D eigenvalue weighted by Crippen LogP contribution is 2.19. The number of benzene rings is 1. The Hall–Kier alpha value is -1.85. The van der Waals surface area contributed by atoms with Crippen molar-refractivity contribution in [2.45, 2.75) is 12.8 Å². The van der Waals surface area contributed by atoms with Crippen LogP contribution in [0.15, 0.2) is 29.2 Å². The summed E-state index contributed by atoms with van der Waals surface area (Å²) < 4.78 is 5.44. The quantitative estimate of drug-likeness (QED) is 0.938. The number of aromatic amines is 1. The smallest absolute Gasteiger partial charge is 0.259 e. The van der Waals surface area contributed by atoms with Gasteiger partial charge in [0.15, 0.2) is 0 Å². The lowest BCUT2D eigenvalue weighted by atomic mass is 10.0. The van der Waals surface area contributed by atoms with Crippen molar-refractivity contribution in [2.75, 3.05) is 26.8 Å². The molecule has 1 amide bonds. The van der Waals surface area contributed by atoms with Crippen molar-refractivity contribution in [3.05, 3.63) is 45.2 Å². The number of halogens is 1. The van der Waals surface area contributed by atoms with Gasteiger partial charge in [-0.3, -0.25) is 9.59 Å². The van der Waals surface area contributed by atoms with Gasteiger partial charge in [0.1, 0.15) is 5.56 Å². The van der Waals surface area contributed by atoms with E-state index >= 15 is 0 Å². The average Bonchev–Trinajstić information content (AvgIpc) is 2.56. The van der Waals surface area contributed by atoms with E-state index in [1.807, 2.05) is 0 Å². The van der Waals surface area contributed by atoms with Crippen LogP contribution in [-0.4, -0.2) is 42.6 Å². The number of pyridine rings is 1. The van der Waals surface area contributed by atoms with Gasteiger partial charge in [-0.25, -0.2) is 0 Å². The number of carbonyl (C=O) groups excluding carboxylic acids is 1. The van der Waals surface area contributed by atoms with Gasteiger partial charge in [-0.15, -0.1) is 0 Å². The van der Waals surface area contributed by atoms with Crippen LogP contribution in [0.25, 0.3) is 10.9 Å². The van der Waals surface area contributed by atoms with Crippen LogP contribution < -0.4 is 5.43 Å². The van der Waals surface area contributed by atoms with Crippen LogP contribution in [0.5, 0.6) is 0 Å². The van der Waals surface area contributed by atoms with Crippen molar-refractivity contribution >= 4 is 28.4 Å². The van der Waals surface area contributed by atoms with Crippen LogP contribution in [-0.2, 0) is 4.74 Å². The van der Waals surface area contributed by atoms with Crippen LogP contribution in [0, 0.1) is 5.92 Å². The number of fused-ring (bicyclic) bond motifs is 1. The van der Waals surface area contributed by atoms with E-state index in [9.17, 15) is 9.59 Å². The zero-order valence-corrected chi connectivity index (χ0v) is 13.7. The molecule has 0 aliphatic carbocycles. The molecule has 1 saturated heterocycles. The van der Waals surface area contributed by atoms with Gasteiger partial charge in [0.25, 0.3) is 5.91 Å². The van der Waals surface area contributed by atoms with Gasteiger partial charge < -0.3 is 14.6 Å². The second-order valence-corrected chi connectivity index (χ2v) is 6.37. The third-order valence-electron chi connectivity index (χ3n) is 4.23. The van der Waals surface area contributed by atoms with Gasteiger partial charge in [0.2, 0.25) is 5.43 Å². The molecule has 5 nitrogen and oxygen atoms in total. The van der Waals surface area contributed by atoms with E-state index in [-0.39, 0.29) is 16.9 Å². The Morgan fingerprint density at radius 1 is 1.48 bits per heavy atom. The molecule has 0 bridgehead atoms. The number of ether oxygens (including phenoxy) is 1. The summed E-state index contributed by atoms with van der Waals surface area (Å²) in [6.07, 6.45) is 3.51. The molecule has 2 heterocycles. The van der Waals surface area contributed by atoms with E-state index in [0.717, 1.165) is 19.4 Å². The summed E-state index contributed by atoms with van der Waals surface area (Å²) in [4.78, 5) is 29.7. The van der Waals surface area contributed by atoms with Crippen molar-refractivity contribution in [1.29, 1.82) is 0 Å². The lowest BCUT2D eigenvalue weighted by Gasteiger charge is -2.27. The molecule has 0 spiro atoms. The minimum Gasteiger partial charge on any atom is -0.381 e. The number of nitrogens with one attached hydrogen (secondary N) is 1. The zero-order chi connectivity index (χ0) is 16.4. The molecule has 1 aliphatic rings. The fourth-order valence-electron chi connectivity index (χ4n) is 3.00. The second kappa shape index (κ2) is 6.72. The fourth-order valence-corrected chi connectivity index (χ4v) is 3.23. The maximum atomic E-state index is 12.6. The number of carbonyl (C=O) groups is 1. The fraction of sp³-hybridized carbons (Fsp3) is 0.412. The summed E-state index contributed by atoms with van der Waals surface area (Å²) >= 11 is 6.07. The van der Waals surface area contributed by atoms with Crippen molar-refractivity contribution in [1.82, 2.24) is 9.88 Å². The van der Waals surface area contributed by atoms with E-state index in [4.69, 9.17) is 16.3 Å². The third-order valence-corrected chi connectivity index (χ3v) is 4.54. The van der Waals surface area contributed by atoms with E-state index in [2.05, 4.69) is 4.98 Å². The number of nitrogens with zero attached hydrogens (tertiary/aromatic N) is 1. The van der Waals surface area contributed by atoms with Crippen molar-refractivity contribution in [3.8, 4) is 0 Å². The molecule has 0 saturated carbocycles. The molecule has 1 aromatic heterocycles. The molecule has 1 atom stereocenters. The summed E-state index contributed by atoms with van der Waals surface area (Å²) in [5.41, 5.74) is 0.399. The first kappa shape index (κ1) is 16.0. The molecule has 0 radical (unpaired) electrons. The number of amides is 1. The first-order valence-corrected chi connectivity index (χ1v) is 8.09. The van der Waals surface area contributed by atoms with E-state index < -0.39 is 0 Å². The molecule has 1 aromatic carbocycles. The summed E-state index contributed by atoms with van der Waals surface area (Å²) in [6, 6.07) is 5.08. The Balaban J connectivity index is 1.85. The molecule has 1 N–H and O–H groups in total. The minimum absolute atomic E-state index is 0.138. The van der Waals surface area contributed by atoms with Crippen LogP contribution in [0.3, 0.4) is 0 Å². The Morgan fingerprint density at radius 3 is 3.04 bits per heavy atom. The molecule has 2 aromatic rings. The molecule has 1 fully saturated rings. The van der Waals surface area contributed by atoms with Gasteiger partial charge in [-0.05, 0) is 30.9 Å².